The Hall–Kier alpha value is -1.41. The molecule has 1 aliphatic heterocycles. The number of carbonyl (C=O) groups excluding carboxylic acids is 2. The summed E-state index contributed by atoms with van der Waals surface area (Å²) in [5, 5.41) is 0. The zero-order valence-corrected chi connectivity index (χ0v) is 19.5. The summed E-state index contributed by atoms with van der Waals surface area (Å²) in [6.45, 7) is 0.525. The summed E-state index contributed by atoms with van der Waals surface area (Å²) >= 11 is 0. The number of unbranched alkanes of at least 4 members (excludes halogenated alkanes) is 8. The van der Waals surface area contributed by atoms with Crippen LogP contribution in [-0.4, -0.2) is 56.3 Å². The Morgan fingerprint density at radius 1 is 0.733 bits per heavy atom. The third-order valence-electron chi connectivity index (χ3n) is 5.62. The average Bonchev–Trinajstić information content (AvgIpc) is 3.01. The molecule has 0 saturated carbocycles. The molecule has 170 valence electrons. The number of amides is 2. The van der Waals surface area contributed by atoms with Gasteiger partial charge in [0.05, 0.1) is 25.3 Å². The third kappa shape index (κ3) is 6.80. The van der Waals surface area contributed by atoms with Gasteiger partial charge < -0.3 is 4.74 Å². The standard InChI is InChI=1S/C23H37NO5S/c1-27-19-30(28-2,29-3)18-14-10-8-6-4-5-7-9-13-17-24-22(25)20-15-11-12-16-21(20)23(24)26/h11-12,15-16H,4-10,13-14,17-19H2,1-3H3. The molecule has 30 heavy (non-hydrogen) atoms. The lowest BCUT2D eigenvalue weighted by molar-refractivity contribution is 0.0651. The summed E-state index contributed by atoms with van der Waals surface area (Å²) in [5.74, 6) is 1.16. The normalized spacial score (nSPS) is 14.4. The molecule has 1 aromatic rings. The predicted octanol–water partition coefficient (Wildman–Crippen LogP) is 5.32. The lowest BCUT2D eigenvalue weighted by Crippen LogP contribution is -2.30. The molecule has 0 radical (unpaired) electrons. The summed E-state index contributed by atoms with van der Waals surface area (Å²) in [7, 11) is 3.54. The summed E-state index contributed by atoms with van der Waals surface area (Å²) < 4.78 is 16.4. The number of methoxy groups -OCH3 is 1. The Bertz CT molecular complexity index is 642. The molecule has 0 atom stereocenters. The average molecular weight is 440 g/mol. The van der Waals surface area contributed by atoms with Gasteiger partial charge >= 0.3 is 0 Å². The largest absolute Gasteiger partial charge is 0.365 e. The molecule has 1 aliphatic rings. The first kappa shape index (κ1) is 24.9. The fraction of sp³-hybridized carbons (Fsp3) is 0.652. The number of hydrogen-bond donors (Lipinski definition) is 0. The second-order valence-electron chi connectivity index (χ2n) is 7.68. The fourth-order valence-electron chi connectivity index (χ4n) is 3.84. The number of nitrogens with zero attached hydrogens (tertiary/aromatic N) is 1. The zero-order chi connectivity index (χ0) is 21.8. The maximum Gasteiger partial charge on any atom is 0.261 e. The van der Waals surface area contributed by atoms with E-state index in [1.165, 1.54) is 37.0 Å². The Balaban J connectivity index is 1.48. The highest BCUT2D eigenvalue weighted by Crippen LogP contribution is 2.49. The molecule has 1 heterocycles. The van der Waals surface area contributed by atoms with Crippen LogP contribution in [0.15, 0.2) is 24.3 Å². The van der Waals surface area contributed by atoms with Crippen molar-refractivity contribution in [3.8, 4) is 0 Å². The molecule has 0 saturated heterocycles. The molecule has 0 fully saturated rings. The molecule has 0 bridgehead atoms. The van der Waals surface area contributed by atoms with E-state index in [1.807, 2.05) is 0 Å². The minimum Gasteiger partial charge on any atom is -0.365 e. The van der Waals surface area contributed by atoms with E-state index in [4.69, 9.17) is 13.1 Å². The zero-order valence-electron chi connectivity index (χ0n) is 18.7. The van der Waals surface area contributed by atoms with Crippen LogP contribution in [0.5, 0.6) is 0 Å². The molecule has 6 nitrogen and oxygen atoms in total. The van der Waals surface area contributed by atoms with Crippen LogP contribution in [-0.2, 0) is 13.1 Å². The smallest absolute Gasteiger partial charge is 0.261 e. The second kappa shape index (κ2) is 13.1. The third-order valence-corrected chi connectivity index (χ3v) is 8.34. The number of rotatable bonds is 16. The van der Waals surface area contributed by atoms with Gasteiger partial charge in [-0.2, -0.15) is 10.6 Å². The van der Waals surface area contributed by atoms with E-state index in [1.54, 1.807) is 45.6 Å². The van der Waals surface area contributed by atoms with E-state index in [9.17, 15) is 9.59 Å². The van der Waals surface area contributed by atoms with E-state index in [-0.39, 0.29) is 11.8 Å². The topological polar surface area (TPSA) is 65.1 Å². The van der Waals surface area contributed by atoms with Crippen molar-refractivity contribution in [1.29, 1.82) is 0 Å². The number of carbonyl (C=O) groups is 2. The van der Waals surface area contributed by atoms with Crippen molar-refractivity contribution in [3.05, 3.63) is 35.4 Å². The van der Waals surface area contributed by atoms with Crippen LogP contribution in [0.3, 0.4) is 0 Å². The monoisotopic (exact) mass is 439 g/mol. The van der Waals surface area contributed by atoms with Crippen LogP contribution in [0.25, 0.3) is 0 Å². The summed E-state index contributed by atoms with van der Waals surface area (Å²) in [4.78, 5) is 26.0. The van der Waals surface area contributed by atoms with Gasteiger partial charge in [-0.25, -0.2) is 0 Å². The van der Waals surface area contributed by atoms with E-state index in [2.05, 4.69) is 0 Å². The van der Waals surface area contributed by atoms with Gasteiger partial charge in [0.2, 0.25) is 0 Å². The van der Waals surface area contributed by atoms with E-state index >= 15 is 0 Å². The fourth-order valence-corrected chi connectivity index (χ4v) is 5.62. The first-order valence-electron chi connectivity index (χ1n) is 10.9. The molecule has 2 rings (SSSR count). The highest BCUT2D eigenvalue weighted by molar-refractivity contribution is 8.25. The van der Waals surface area contributed by atoms with Gasteiger partial charge in [-0.15, -0.1) is 0 Å². The summed E-state index contributed by atoms with van der Waals surface area (Å²) in [6.07, 6.45) is 10.3. The van der Waals surface area contributed by atoms with Crippen molar-refractivity contribution < 1.29 is 22.7 Å². The second-order valence-corrected chi connectivity index (χ2v) is 10.5. The van der Waals surface area contributed by atoms with Crippen molar-refractivity contribution in [2.24, 2.45) is 0 Å². The summed E-state index contributed by atoms with van der Waals surface area (Å²) in [6, 6.07) is 7.08. The Morgan fingerprint density at radius 3 is 1.67 bits per heavy atom. The van der Waals surface area contributed by atoms with Crippen molar-refractivity contribution in [2.75, 3.05) is 39.6 Å². The minimum atomic E-state index is -1.54. The van der Waals surface area contributed by atoms with Crippen LogP contribution < -0.4 is 0 Å². The van der Waals surface area contributed by atoms with Gasteiger partial charge in [0, 0.05) is 19.4 Å². The Kier molecular flexibility index (Phi) is 10.9. The van der Waals surface area contributed by atoms with Gasteiger partial charge in [0.1, 0.15) is 5.94 Å². The van der Waals surface area contributed by atoms with E-state index < -0.39 is 10.6 Å². The van der Waals surface area contributed by atoms with Crippen LogP contribution in [0.1, 0.15) is 78.5 Å². The Morgan fingerprint density at radius 2 is 1.20 bits per heavy atom. The molecular formula is C23H37NO5S. The van der Waals surface area contributed by atoms with Gasteiger partial charge in [0.15, 0.2) is 0 Å². The number of fused-ring (bicyclic) bond motifs is 1. The molecule has 7 heteroatoms. The van der Waals surface area contributed by atoms with Gasteiger partial charge in [-0.3, -0.25) is 22.9 Å². The number of ether oxygens (including phenoxy) is 1. The van der Waals surface area contributed by atoms with Crippen molar-refractivity contribution in [3.63, 3.8) is 0 Å². The van der Waals surface area contributed by atoms with Crippen LogP contribution in [0.2, 0.25) is 0 Å². The molecule has 1 aromatic carbocycles. The lowest BCUT2D eigenvalue weighted by Gasteiger charge is -2.39. The van der Waals surface area contributed by atoms with Crippen LogP contribution >= 0.6 is 10.6 Å². The highest BCUT2D eigenvalue weighted by Gasteiger charge is 2.34. The molecule has 0 N–H and O–H groups in total. The Labute approximate surface area is 183 Å². The molecule has 2 amide bonds. The van der Waals surface area contributed by atoms with Crippen molar-refractivity contribution in [1.82, 2.24) is 4.90 Å². The first-order valence-corrected chi connectivity index (χ1v) is 12.7. The molecule has 0 aliphatic carbocycles. The van der Waals surface area contributed by atoms with Crippen molar-refractivity contribution >= 4 is 22.4 Å². The van der Waals surface area contributed by atoms with Crippen LogP contribution in [0, 0.1) is 0 Å². The number of hydrogen-bond acceptors (Lipinski definition) is 5. The summed E-state index contributed by atoms with van der Waals surface area (Å²) in [5.41, 5.74) is 1.08. The van der Waals surface area contributed by atoms with Crippen LogP contribution in [0.4, 0.5) is 0 Å². The lowest BCUT2D eigenvalue weighted by atomic mass is 10.1. The maximum atomic E-state index is 12.3. The van der Waals surface area contributed by atoms with Gasteiger partial charge in [-0.05, 0) is 25.0 Å². The molecule has 0 spiro atoms. The quantitative estimate of drug-likeness (QED) is 0.257. The maximum absolute atomic E-state index is 12.3. The minimum absolute atomic E-state index is 0.145. The molecule has 0 aromatic heterocycles. The highest BCUT2D eigenvalue weighted by atomic mass is 32.3. The van der Waals surface area contributed by atoms with E-state index in [0.29, 0.717) is 23.6 Å². The van der Waals surface area contributed by atoms with Gasteiger partial charge in [0.25, 0.3) is 11.8 Å². The molecular weight excluding hydrogens is 402 g/mol. The van der Waals surface area contributed by atoms with E-state index in [0.717, 1.165) is 31.4 Å². The predicted molar refractivity (Wildman–Crippen MR) is 122 cm³/mol. The first-order chi connectivity index (χ1) is 14.6. The number of benzene rings is 1. The van der Waals surface area contributed by atoms with Crippen molar-refractivity contribution in [2.45, 2.75) is 57.8 Å². The molecule has 0 unspecified atom stereocenters. The number of imide groups is 1. The SMILES string of the molecule is COCS(CCCCCCCCCCCN1C(=O)c2ccccc2C1=O)(OC)OC. The van der Waals surface area contributed by atoms with Gasteiger partial charge in [-0.1, -0.05) is 57.1 Å².